The summed E-state index contributed by atoms with van der Waals surface area (Å²) in [6.45, 7) is 4.38. The van der Waals surface area contributed by atoms with Gasteiger partial charge in [-0.05, 0) is 43.2 Å². The number of hydrogen-bond donors (Lipinski definition) is 1. The number of sulfonamides is 1. The van der Waals surface area contributed by atoms with E-state index in [4.69, 9.17) is 21.5 Å². The zero-order chi connectivity index (χ0) is 15.6. The minimum Gasteiger partial charge on any atom is -0.487 e. The van der Waals surface area contributed by atoms with Gasteiger partial charge < -0.3 is 4.74 Å². The number of rotatable bonds is 4. The molecule has 0 radical (unpaired) electrons. The monoisotopic (exact) mass is 325 g/mol. The Morgan fingerprint density at radius 1 is 1.14 bits per heavy atom. The second-order valence-electron chi connectivity index (χ2n) is 4.86. The van der Waals surface area contributed by atoms with Crippen molar-refractivity contribution in [3.05, 3.63) is 58.1 Å². The van der Waals surface area contributed by atoms with Crippen molar-refractivity contribution in [2.24, 2.45) is 5.14 Å². The molecule has 0 heterocycles. The Hall–Kier alpha value is -1.56. The molecule has 0 amide bonds. The fourth-order valence-electron chi connectivity index (χ4n) is 1.89. The normalized spacial score (nSPS) is 11.4. The van der Waals surface area contributed by atoms with Crippen LogP contribution >= 0.6 is 11.6 Å². The third-order valence-electron chi connectivity index (χ3n) is 3.12. The van der Waals surface area contributed by atoms with Gasteiger partial charge in [0, 0.05) is 0 Å². The molecule has 0 spiro atoms. The SMILES string of the molecule is Cc1ccc(C)c(COc2ccc(S(N)(=O)=O)cc2Cl)c1. The van der Waals surface area contributed by atoms with Crippen LogP contribution in [0.25, 0.3) is 0 Å². The number of hydrogen-bond acceptors (Lipinski definition) is 3. The molecule has 0 saturated heterocycles. The van der Waals surface area contributed by atoms with Crippen LogP contribution in [-0.4, -0.2) is 8.42 Å². The molecule has 0 bridgehead atoms. The third-order valence-corrected chi connectivity index (χ3v) is 4.33. The molecule has 2 aromatic carbocycles. The molecule has 0 atom stereocenters. The van der Waals surface area contributed by atoms with Gasteiger partial charge in [-0.25, -0.2) is 13.6 Å². The van der Waals surface area contributed by atoms with E-state index in [1.165, 1.54) is 18.2 Å². The van der Waals surface area contributed by atoms with E-state index < -0.39 is 10.0 Å². The summed E-state index contributed by atoms with van der Waals surface area (Å²) >= 11 is 6.03. The van der Waals surface area contributed by atoms with Gasteiger partial charge in [-0.15, -0.1) is 0 Å². The summed E-state index contributed by atoms with van der Waals surface area (Å²) < 4.78 is 28.1. The maximum atomic E-state index is 11.2. The summed E-state index contributed by atoms with van der Waals surface area (Å²) in [6, 6.07) is 10.3. The maximum absolute atomic E-state index is 11.2. The lowest BCUT2D eigenvalue weighted by atomic mass is 10.1. The largest absolute Gasteiger partial charge is 0.487 e. The smallest absolute Gasteiger partial charge is 0.238 e. The molecule has 0 fully saturated rings. The van der Waals surface area contributed by atoms with Gasteiger partial charge in [0.15, 0.2) is 0 Å². The highest BCUT2D eigenvalue weighted by molar-refractivity contribution is 7.89. The minimum atomic E-state index is -3.76. The van der Waals surface area contributed by atoms with Gasteiger partial charge in [-0.2, -0.15) is 0 Å². The number of halogens is 1. The Kier molecular flexibility index (Phi) is 4.56. The van der Waals surface area contributed by atoms with Gasteiger partial charge in [0.05, 0.1) is 9.92 Å². The molecule has 0 aliphatic heterocycles. The second kappa shape index (κ2) is 6.05. The lowest BCUT2D eigenvalue weighted by molar-refractivity contribution is 0.305. The van der Waals surface area contributed by atoms with E-state index in [0.29, 0.717) is 12.4 Å². The van der Waals surface area contributed by atoms with E-state index in [-0.39, 0.29) is 9.92 Å². The van der Waals surface area contributed by atoms with E-state index in [1.54, 1.807) is 0 Å². The standard InChI is InChI=1S/C15H16ClNO3S/c1-10-3-4-11(2)12(7-10)9-20-15-6-5-13(8-14(15)16)21(17,18)19/h3-8H,9H2,1-2H3,(H2,17,18,19). The van der Waals surface area contributed by atoms with Gasteiger partial charge in [0.25, 0.3) is 0 Å². The van der Waals surface area contributed by atoms with Crippen LogP contribution in [0.5, 0.6) is 5.75 Å². The van der Waals surface area contributed by atoms with Crippen molar-refractivity contribution in [1.29, 1.82) is 0 Å². The molecule has 2 rings (SSSR count). The van der Waals surface area contributed by atoms with E-state index in [0.717, 1.165) is 16.7 Å². The summed E-state index contributed by atoms with van der Waals surface area (Å²) in [5.41, 5.74) is 3.33. The molecule has 6 heteroatoms. The lowest BCUT2D eigenvalue weighted by Gasteiger charge is -2.11. The molecule has 0 aromatic heterocycles. The van der Waals surface area contributed by atoms with Gasteiger partial charge in [0.1, 0.15) is 12.4 Å². The summed E-state index contributed by atoms with van der Waals surface area (Å²) in [5.74, 6) is 0.421. The zero-order valence-corrected chi connectivity index (χ0v) is 13.3. The van der Waals surface area contributed by atoms with Crippen LogP contribution in [0.2, 0.25) is 5.02 Å². The van der Waals surface area contributed by atoms with Crippen molar-refractivity contribution in [3.63, 3.8) is 0 Å². The highest BCUT2D eigenvalue weighted by Gasteiger charge is 2.11. The maximum Gasteiger partial charge on any atom is 0.238 e. The Bertz CT molecular complexity index is 772. The Labute approximate surface area is 129 Å². The fraction of sp³-hybridized carbons (Fsp3) is 0.200. The van der Waals surface area contributed by atoms with Crippen molar-refractivity contribution < 1.29 is 13.2 Å². The Morgan fingerprint density at radius 3 is 2.48 bits per heavy atom. The molecule has 2 N–H and O–H groups in total. The van der Waals surface area contributed by atoms with Crippen molar-refractivity contribution in [2.45, 2.75) is 25.3 Å². The van der Waals surface area contributed by atoms with Crippen molar-refractivity contribution in [1.82, 2.24) is 0 Å². The van der Waals surface area contributed by atoms with Crippen molar-refractivity contribution >= 4 is 21.6 Å². The first kappa shape index (κ1) is 15.8. The minimum absolute atomic E-state index is 0.0356. The first-order valence-electron chi connectivity index (χ1n) is 6.28. The molecular formula is C15H16ClNO3S. The van der Waals surface area contributed by atoms with Gasteiger partial charge >= 0.3 is 0 Å². The number of aryl methyl sites for hydroxylation is 2. The molecule has 0 saturated carbocycles. The predicted molar refractivity (Wildman–Crippen MR) is 83.1 cm³/mol. The first-order valence-corrected chi connectivity index (χ1v) is 8.21. The summed E-state index contributed by atoms with van der Waals surface area (Å²) in [4.78, 5) is -0.0356. The van der Waals surface area contributed by atoms with Crippen LogP contribution in [0.3, 0.4) is 0 Å². The zero-order valence-electron chi connectivity index (χ0n) is 11.8. The van der Waals surface area contributed by atoms with E-state index in [2.05, 4.69) is 0 Å². The van der Waals surface area contributed by atoms with Crippen molar-refractivity contribution in [2.75, 3.05) is 0 Å². The van der Waals surface area contributed by atoms with Gasteiger partial charge in [0.2, 0.25) is 10.0 Å². The average Bonchev–Trinajstić information content (AvgIpc) is 2.40. The highest BCUT2D eigenvalue weighted by Crippen LogP contribution is 2.28. The van der Waals surface area contributed by atoms with E-state index >= 15 is 0 Å². The molecular weight excluding hydrogens is 310 g/mol. The summed E-state index contributed by atoms with van der Waals surface area (Å²) in [5, 5.41) is 5.26. The van der Waals surface area contributed by atoms with Gasteiger partial charge in [-0.3, -0.25) is 0 Å². The lowest BCUT2D eigenvalue weighted by Crippen LogP contribution is -2.12. The second-order valence-corrected chi connectivity index (χ2v) is 6.82. The fourth-order valence-corrected chi connectivity index (χ4v) is 2.73. The average molecular weight is 326 g/mol. The summed E-state index contributed by atoms with van der Waals surface area (Å²) in [7, 11) is -3.76. The molecule has 2 aromatic rings. The molecule has 112 valence electrons. The number of primary sulfonamides is 1. The van der Waals surface area contributed by atoms with Crippen LogP contribution in [-0.2, 0) is 16.6 Å². The van der Waals surface area contributed by atoms with E-state index in [9.17, 15) is 8.42 Å². The first-order chi connectivity index (χ1) is 9.77. The molecule has 0 aliphatic carbocycles. The molecule has 0 aliphatic rings. The van der Waals surface area contributed by atoms with Crippen LogP contribution < -0.4 is 9.88 Å². The van der Waals surface area contributed by atoms with Crippen LogP contribution in [0.15, 0.2) is 41.3 Å². The van der Waals surface area contributed by atoms with Gasteiger partial charge in [-0.1, -0.05) is 35.4 Å². The number of ether oxygens (including phenoxy) is 1. The number of benzene rings is 2. The highest BCUT2D eigenvalue weighted by atomic mass is 35.5. The topological polar surface area (TPSA) is 69.4 Å². The quantitative estimate of drug-likeness (QED) is 0.938. The van der Waals surface area contributed by atoms with Crippen LogP contribution in [0.1, 0.15) is 16.7 Å². The predicted octanol–water partition coefficient (Wildman–Crippen LogP) is 3.18. The van der Waals surface area contributed by atoms with Crippen LogP contribution in [0.4, 0.5) is 0 Å². The van der Waals surface area contributed by atoms with E-state index in [1.807, 2.05) is 32.0 Å². The summed E-state index contributed by atoms with van der Waals surface area (Å²) in [6.07, 6.45) is 0. The Balaban J connectivity index is 2.19. The molecule has 21 heavy (non-hydrogen) atoms. The number of nitrogens with two attached hydrogens (primary N) is 1. The molecule has 4 nitrogen and oxygen atoms in total. The molecule has 0 unspecified atom stereocenters. The van der Waals surface area contributed by atoms with Crippen molar-refractivity contribution in [3.8, 4) is 5.75 Å². The van der Waals surface area contributed by atoms with Crippen LogP contribution in [0, 0.1) is 13.8 Å². The third kappa shape index (κ3) is 3.97. The Morgan fingerprint density at radius 2 is 1.86 bits per heavy atom.